The molecule has 3 rings (SSSR count). The van der Waals surface area contributed by atoms with E-state index in [-0.39, 0.29) is 10.5 Å². The van der Waals surface area contributed by atoms with Crippen molar-refractivity contribution < 1.29 is 17.9 Å². The second-order valence-electron chi connectivity index (χ2n) is 6.53. The van der Waals surface area contributed by atoms with E-state index in [9.17, 15) is 13.2 Å². The van der Waals surface area contributed by atoms with E-state index in [1.807, 2.05) is 7.05 Å². The van der Waals surface area contributed by atoms with Gasteiger partial charge in [-0.2, -0.15) is 4.31 Å². The highest BCUT2D eigenvalue weighted by Crippen LogP contribution is 2.28. The van der Waals surface area contributed by atoms with Crippen LogP contribution in [0.25, 0.3) is 0 Å². The van der Waals surface area contributed by atoms with E-state index in [2.05, 4.69) is 10.2 Å². The van der Waals surface area contributed by atoms with Crippen molar-refractivity contribution in [3.05, 3.63) is 53.1 Å². The molecule has 0 aromatic heterocycles. The Morgan fingerprint density at radius 1 is 1.11 bits per heavy atom. The highest BCUT2D eigenvalue weighted by atomic mass is 35.5. The number of nitrogens with zero attached hydrogens (tertiary/aromatic N) is 2. The normalized spacial score (nSPS) is 16.0. The monoisotopic (exact) mass is 423 g/mol. The molecule has 1 N–H and O–H groups in total. The molecule has 0 saturated carbocycles. The lowest BCUT2D eigenvalue weighted by molar-refractivity contribution is 0.102. The highest BCUT2D eigenvalue weighted by molar-refractivity contribution is 7.89. The van der Waals surface area contributed by atoms with Crippen LogP contribution in [0.2, 0.25) is 5.02 Å². The Labute approximate surface area is 169 Å². The van der Waals surface area contributed by atoms with Gasteiger partial charge in [0, 0.05) is 36.8 Å². The van der Waals surface area contributed by atoms with Gasteiger partial charge in [0.05, 0.1) is 17.7 Å². The molecule has 2 aromatic rings. The summed E-state index contributed by atoms with van der Waals surface area (Å²) in [5, 5.41) is 3.17. The van der Waals surface area contributed by atoms with Crippen molar-refractivity contribution >= 4 is 33.2 Å². The van der Waals surface area contributed by atoms with Crippen molar-refractivity contribution in [3.63, 3.8) is 0 Å². The molecule has 1 saturated heterocycles. The number of amides is 1. The summed E-state index contributed by atoms with van der Waals surface area (Å²) in [6.45, 7) is 2.20. The SMILES string of the molecule is COc1ccc(Cl)cc1NC(=O)c1cccc(S(=O)(=O)N2CCN(C)CC2)c1. The maximum Gasteiger partial charge on any atom is 0.255 e. The maximum atomic E-state index is 12.9. The minimum atomic E-state index is -3.65. The zero-order valence-corrected chi connectivity index (χ0v) is 17.3. The summed E-state index contributed by atoms with van der Waals surface area (Å²) in [4.78, 5) is 14.8. The number of sulfonamides is 1. The van der Waals surface area contributed by atoms with Crippen LogP contribution in [-0.4, -0.2) is 63.9 Å². The number of piperazine rings is 1. The number of carbonyl (C=O) groups excluding carboxylic acids is 1. The van der Waals surface area contributed by atoms with Gasteiger partial charge in [-0.25, -0.2) is 8.42 Å². The summed E-state index contributed by atoms with van der Waals surface area (Å²) >= 11 is 5.99. The van der Waals surface area contributed by atoms with Crippen LogP contribution in [0.5, 0.6) is 5.75 Å². The molecule has 1 aliphatic heterocycles. The first-order chi connectivity index (χ1) is 13.3. The number of nitrogens with one attached hydrogen (secondary N) is 1. The molecule has 0 aliphatic carbocycles. The predicted octanol–water partition coefficient (Wildman–Crippen LogP) is 2.54. The molecule has 0 unspecified atom stereocenters. The second kappa shape index (κ2) is 8.48. The van der Waals surface area contributed by atoms with Gasteiger partial charge in [-0.05, 0) is 43.4 Å². The summed E-state index contributed by atoms with van der Waals surface area (Å²) in [7, 11) is -0.207. The fourth-order valence-corrected chi connectivity index (χ4v) is 4.59. The van der Waals surface area contributed by atoms with E-state index in [1.54, 1.807) is 30.3 Å². The molecule has 28 heavy (non-hydrogen) atoms. The number of ether oxygens (including phenoxy) is 1. The number of hydrogen-bond acceptors (Lipinski definition) is 5. The lowest BCUT2D eigenvalue weighted by Gasteiger charge is -2.31. The molecule has 1 fully saturated rings. The van der Waals surface area contributed by atoms with Crippen LogP contribution in [0.3, 0.4) is 0 Å². The first-order valence-corrected chi connectivity index (χ1v) is 10.6. The first-order valence-electron chi connectivity index (χ1n) is 8.75. The summed E-state index contributed by atoms with van der Waals surface area (Å²) in [5.74, 6) is 0.00922. The lowest BCUT2D eigenvalue weighted by Crippen LogP contribution is -2.47. The maximum absolute atomic E-state index is 12.9. The minimum absolute atomic E-state index is 0.0998. The number of benzene rings is 2. The molecular formula is C19H22ClN3O4S. The van der Waals surface area contributed by atoms with Gasteiger partial charge in [-0.1, -0.05) is 17.7 Å². The summed E-state index contributed by atoms with van der Waals surface area (Å²) in [5.41, 5.74) is 0.643. The van der Waals surface area contributed by atoms with Crippen LogP contribution in [0.15, 0.2) is 47.4 Å². The van der Waals surface area contributed by atoms with Gasteiger partial charge in [0.2, 0.25) is 10.0 Å². The van der Waals surface area contributed by atoms with Crippen LogP contribution in [0.4, 0.5) is 5.69 Å². The lowest BCUT2D eigenvalue weighted by atomic mass is 10.2. The zero-order valence-electron chi connectivity index (χ0n) is 15.7. The number of likely N-dealkylation sites (N-methyl/N-ethyl adjacent to an activating group) is 1. The third-order valence-electron chi connectivity index (χ3n) is 4.61. The fourth-order valence-electron chi connectivity index (χ4n) is 2.95. The summed E-state index contributed by atoms with van der Waals surface area (Å²) in [6, 6.07) is 10.9. The third-order valence-corrected chi connectivity index (χ3v) is 6.74. The van der Waals surface area contributed by atoms with Gasteiger partial charge in [0.1, 0.15) is 5.75 Å². The van der Waals surface area contributed by atoms with Crippen LogP contribution < -0.4 is 10.1 Å². The Morgan fingerprint density at radius 3 is 2.50 bits per heavy atom. The van der Waals surface area contributed by atoms with Gasteiger partial charge in [0.15, 0.2) is 0 Å². The van der Waals surface area contributed by atoms with E-state index >= 15 is 0 Å². The molecule has 0 bridgehead atoms. The Balaban J connectivity index is 1.83. The number of hydrogen-bond donors (Lipinski definition) is 1. The molecule has 1 amide bonds. The minimum Gasteiger partial charge on any atom is -0.495 e. The van der Waals surface area contributed by atoms with Gasteiger partial charge in [-0.15, -0.1) is 0 Å². The van der Waals surface area contributed by atoms with Gasteiger partial charge in [-0.3, -0.25) is 4.79 Å². The number of rotatable bonds is 5. The largest absolute Gasteiger partial charge is 0.495 e. The molecule has 9 heteroatoms. The van der Waals surface area contributed by atoms with E-state index in [1.165, 1.54) is 23.5 Å². The Kier molecular flexibility index (Phi) is 6.24. The number of carbonyl (C=O) groups is 1. The van der Waals surface area contributed by atoms with Gasteiger partial charge in [0.25, 0.3) is 5.91 Å². The zero-order chi connectivity index (χ0) is 20.3. The number of anilines is 1. The smallest absolute Gasteiger partial charge is 0.255 e. The van der Waals surface area contributed by atoms with Crippen molar-refractivity contribution in [3.8, 4) is 5.75 Å². The first kappa shape index (κ1) is 20.6. The van der Waals surface area contributed by atoms with E-state index in [0.29, 0.717) is 42.6 Å². The third kappa shape index (κ3) is 4.47. The van der Waals surface area contributed by atoms with Crippen molar-refractivity contribution in [2.45, 2.75) is 4.90 Å². The molecule has 1 aliphatic rings. The molecule has 0 atom stereocenters. The molecule has 0 radical (unpaired) electrons. The van der Waals surface area contributed by atoms with Crippen LogP contribution in [0, 0.1) is 0 Å². The summed E-state index contributed by atoms with van der Waals surface area (Å²) < 4.78 is 32.5. The van der Waals surface area contributed by atoms with Gasteiger partial charge >= 0.3 is 0 Å². The topological polar surface area (TPSA) is 78.9 Å². The fraction of sp³-hybridized carbons (Fsp3) is 0.316. The number of halogens is 1. The quantitative estimate of drug-likeness (QED) is 0.799. The highest BCUT2D eigenvalue weighted by Gasteiger charge is 2.28. The van der Waals surface area contributed by atoms with Crippen molar-refractivity contribution in [1.29, 1.82) is 0 Å². The summed E-state index contributed by atoms with van der Waals surface area (Å²) in [6.07, 6.45) is 0. The predicted molar refractivity (Wildman–Crippen MR) is 109 cm³/mol. The van der Waals surface area contributed by atoms with Gasteiger partial charge < -0.3 is 15.0 Å². The average molecular weight is 424 g/mol. The Hall–Kier alpha value is -2.13. The molecule has 0 spiro atoms. The van der Waals surface area contributed by atoms with E-state index in [4.69, 9.17) is 16.3 Å². The standard InChI is InChI=1S/C19H22ClN3O4S/c1-22-8-10-23(11-9-22)28(25,26)16-5-3-4-14(12-16)19(24)21-17-13-15(20)6-7-18(17)27-2/h3-7,12-13H,8-11H2,1-2H3,(H,21,24). The molecular weight excluding hydrogens is 402 g/mol. The van der Waals surface area contributed by atoms with Crippen molar-refractivity contribution in [1.82, 2.24) is 9.21 Å². The van der Waals surface area contributed by atoms with Crippen molar-refractivity contribution in [2.24, 2.45) is 0 Å². The average Bonchev–Trinajstić information content (AvgIpc) is 2.68. The number of methoxy groups -OCH3 is 1. The molecule has 7 nitrogen and oxygen atoms in total. The molecule has 1 heterocycles. The van der Waals surface area contributed by atoms with Crippen molar-refractivity contribution in [2.75, 3.05) is 45.7 Å². The Morgan fingerprint density at radius 2 is 1.82 bits per heavy atom. The van der Waals surface area contributed by atoms with Crippen LogP contribution >= 0.6 is 11.6 Å². The second-order valence-corrected chi connectivity index (χ2v) is 8.91. The van der Waals surface area contributed by atoms with E-state index < -0.39 is 15.9 Å². The molecule has 2 aromatic carbocycles. The Bertz CT molecular complexity index is 973. The molecule has 150 valence electrons. The van der Waals surface area contributed by atoms with E-state index in [0.717, 1.165) is 0 Å². The van der Waals surface area contributed by atoms with Crippen LogP contribution in [-0.2, 0) is 10.0 Å². The van der Waals surface area contributed by atoms with Crippen LogP contribution in [0.1, 0.15) is 10.4 Å².